The summed E-state index contributed by atoms with van der Waals surface area (Å²) in [6, 6.07) is 0. The van der Waals surface area contributed by atoms with Crippen LogP contribution >= 0.6 is 57.5 Å². The van der Waals surface area contributed by atoms with Gasteiger partial charge in [-0.05, 0) is 0 Å². The first-order valence-electron chi connectivity index (χ1n) is 2.06. The van der Waals surface area contributed by atoms with Crippen molar-refractivity contribution >= 4 is 67.8 Å². The molecule has 0 heterocycles. The zero-order chi connectivity index (χ0) is 7.28. The zero-order valence-corrected chi connectivity index (χ0v) is 10.6. The van der Waals surface area contributed by atoms with E-state index in [1.54, 1.807) is 0 Å². The van der Waals surface area contributed by atoms with Gasteiger partial charge in [0.2, 0.25) is 0 Å². The van der Waals surface area contributed by atoms with Crippen molar-refractivity contribution in [2.24, 2.45) is 11.5 Å². The number of amidine groups is 2. The molecule has 11 heavy (non-hydrogen) atoms. The van der Waals surface area contributed by atoms with Crippen LogP contribution in [-0.2, 0) is 0 Å². The quantitative estimate of drug-likeness (QED) is 0.350. The fraction of sp³-hybridized carbons (Fsp3) is 0.333. The van der Waals surface area contributed by atoms with Crippen LogP contribution in [0.4, 0.5) is 0 Å². The van der Waals surface area contributed by atoms with Crippen LogP contribution in [-0.4, -0.2) is 15.4 Å². The Morgan fingerprint density at radius 3 is 1.45 bits per heavy atom. The van der Waals surface area contributed by atoms with Gasteiger partial charge in [0.05, 0.1) is 5.08 Å². The van der Waals surface area contributed by atoms with Crippen molar-refractivity contribution in [2.75, 3.05) is 5.08 Å². The van der Waals surface area contributed by atoms with Crippen molar-refractivity contribution in [1.29, 1.82) is 10.8 Å². The van der Waals surface area contributed by atoms with Gasteiger partial charge in [-0.2, -0.15) is 0 Å². The molecule has 0 amide bonds. The van der Waals surface area contributed by atoms with Gasteiger partial charge < -0.3 is 11.5 Å². The molecule has 0 aliphatic heterocycles. The molecule has 0 unspecified atom stereocenters. The van der Waals surface area contributed by atoms with Gasteiger partial charge in [0, 0.05) is 0 Å². The summed E-state index contributed by atoms with van der Waals surface area (Å²) in [5, 5.41) is 14.2. The van der Waals surface area contributed by atoms with Crippen molar-refractivity contribution in [1.82, 2.24) is 0 Å². The minimum atomic E-state index is 0. The van der Waals surface area contributed by atoms with E-state index in [9.17, 15) is 0 Å². The van der Waals surface area contributed by atoms with E-state index in [0.717, 1.165) is 23.5 Å². The molecule has 0 rings (SSSR count). The molecule has 8 heteroatoms. The summed E-state index contributed by atoms with van der Waals surface area (Å²) < 4.78 is 0. The third kappa shape index (κ3) is 18.0. The van der Waals surface area contributed by atoms with Crippen molar-refractivity contribution in [2.45, 2.75) is 0 Å². The van der Waals surface area contributed by atoms with E-state index in [4.69, 9.17) is 22.3 Å². The Kier molecular flexibility index (Phi) is 17.0. The number of nitrogens with one attached hydrogen (secondary N) is 2. The summed E-state index contributed by atoms with van der Waals surface area (Å²) in [6.07, 6.45) is 0. The first-order chi connectivity index (χ1) is 4.13. The average molecular weight is 326 g/mol. The highest BCUT2D eigenvalue weighted by Gasteiger charge is 1.92. The fourth-order valence-electron chi connectivity index (χ4n) is 0.156. The summed E-state index contributed by atoms with van der Waals surface area (Å²) in [5.74, 6) is 0. The fourth-order valence-corrected chi connectivity index (χ4v) is 1.41. The summed E-state index contributed by atoms with van der Waals surface area (Å²) in [5.41, 5.74) is 10.0. The molecule has 0 aromatic heterocycles. The van der Waals surface area contributed by atoms with Crippen molar-refractivity contribution in [3.8, 4) is 0 Å². The monoisotopic (exact) mass is 324 g/mol. The van der Waals surface area contributed by atoms with E-state index in [1.165, 1.54) is 0 Å². The second kappa shape index (κ2) is 10.6. The SMILES string of the molecule is Br.Br.N=C(N)SCSC(=N)N. The van der Waals surface area contributed by atoms with Crippen LogP contribution in [0.25, 0.3) is 0 Å². The zero-order valence-electron chi connectivity index (χ0n) is 5.49. The average Bonchev–Trinajstić information content (AvgIpc) is 1.63. The highest BCUT2D eigenvalue weighted by atomic mass is 79.9. The van der Waals surface area contributed by atoms with E-state index >= 15 is 0 Å². The first-order valence-corrected chi connectivity index (χ1v) is 4.03. The predicted octanol–water partition coefficient (Wildman–Crippen LogP) is 1.35. The van der Waals surface area contributed by atoms with Crippen molar-refractivity contribution < 1.29 is 0 Å². The molecule has 0 saturated carbocycles. The Balaban J connectivity index is -0.000000320. The van der Waals surface area contributed by atoms with Crippen LogP contribution in [0.1, 0.15) is 0 Å². The molecule has 0 bridgehead atoms. The molecule has 0 spiro atoms. The van der Waals surface area contributed by atoms with Gasteiger partial charge in [-0.3, -0.25) is 10.8 Å². The van der Waals surface area contributed by atoms with Gasteiger partial charge in [-0.15, -0.1) is 34.0 Å². The summed E-state index contributed by atoms with van der Waals surface area (Å²) >= 11 is 2.33. The van der Waals surface area contributed by atoms with E-state index in [1.807, 2.05) is 0 Å². The second-order valence-corrected chi connectivity index (χ2v) is 3.53. The maximum absolute atomic E-state index is 6.75. The summed E-state index contributed by atoms with van der Waals surface area (Å²) in [7, 11) is 0. The second-order valence-electron chi connectivity index (χ2n) is 1.14. The van der Waals surface area contributed by atoms with Crippen LogP contribution in [0.5, 0.6) is 0 Å². The molecule has 0 aromatic carbocycles. The number of rotatable bonds is 2. The molecule has 0 fully saturated rings. The van der Waals surface area contributed by atoms with Crippen molar-refractivity contribution in [3.63, 3.8) is 0 Å². The third-order valence-electron chi connectivity index (χ3n) is 0.429. The van der Waals surface area contributed by atoms with Gasteiger partial charge in [0.15, 0.2) is 10.3 Å². The first kappa shape index (κ1) is 17.6. The number of nitrogens with two attached hydrogens (primary N) is 2. The van der Waals surface area contributed by atoms with Crippen LogP contribution in [0.15, 0.2) is 0 Å². The Hall–Kier alpha value is 0.600. The van der Waals surface area contributed by atoms with Crippen LogP contribution in [0.3, 0.4) is 0 Å². The van der Waals surface area contributed by atoms with E-state index in [0.29, 0.717) is 5.08 Å². The number of halogens is 2. The van der Waals surface area contributed by atoms with E-state index in [2.05, 4.69) is 0 Å². The lowest BCUT2D eigenvalue weighted by atomic mass is 11.4. The molecular formula is C3H10Br2N4S2. The molecule has 0 aliphatic rings. The molecule has 0 aromatic rings. The Labute approximate surface area is 94.8 Å². The molecule has 0 radical (unpaired) electrons. The molecular weight excluding hydrogens is 316 g/mol. The van der Waals surface area contributed by atoms with Crippen LogP contribution < -0.4 is 11.5 Å². The molecule has 0 aliphatic carbocycles. The standard InChI is InChI=1S/C3H8N4S2.2BrH/c4-2(5)8-1-9-3(6)7;;/h1H2,(H3,4,5)(H3,6,7);2*1H. The van der Waals surface area contributed by atoms with Crippen LogP contribution in [0.2, 0.25) is 0 Å². The summed E-state index contributed by atoms with van der Waals surface area (Å²) in [6.45, 7) is 0. The topological polar surface area (TPSA) is 99.7 Å². The van der Waals surface area contributed by atoms with Crippen LogP contribution in [0, 0.1) is 10.8 Å². The maximum Gasteiger partial charge on any atom is 0.151 e. The van der Waals surface area contributed by atoms with Gasteiger partial charge in [-0.1, -0.05) is 23.5 Å². The number of hydrogen-bond donors (Lipinski definition) is 4. The lowest BCUT2D eigenvalue weighted by Crippen LogP contribution is -2.07. The smallest absolute Gasteiger partial charge is 0.151 e. The Bertz CT molecular complexity index is 117. The molecule has 4 nitrogen and oxygen atoms in total. The highest BCUT2D eigenvalue weighted by Crippen LogP contribution is 2.09. The number of thioether (sulfide) groups is 2. The predicted molar refractivity (Wildman–Crippen MR) is 64.5 cm³/mol. The highest BCUT2D eigenvalue weighted by molar-refractivity contribution is 8.93. The molecule has 68 valence electrons. The lowest BCUT2D eigenvalue weighted by molar-refractivity contribution is 1.50. The van der Waals surface area contributed by atoms with Gasteiger partial charge >= 0.3 is 0 Å². The van der Waals surface area contributed by atoms with Gasteiger partial charge in [0.1, 0.15) is 0 Å². The van der Waals surface area contributed by atoms with Crippen molar-refractivity contribution in [3.05, 3.63) is 0 Å². The van der Waals surface area contributed by atoms with E-state index in [-0.39, 0.29) is 44.3 Å². The van der Waals surface area contributed by atoms with E-state index < -0.39 is 0 Å². The largest absolute Gasteiger partial charge is 0.379 e. The normalized spacial score (nSPS) is 7.27. The minimum absolute atomic E-state index is 0. The Morgan fingerprint density at radius 2 is 1.27 bits per heavy atom. The lowest BCUT2D eigenvalue weighted by Gasteiger charge is -1.94. The maximum atomic E-state index is 6.75. The molecule has 6 N–H and O–H groups in total. The summed E-state index contributed by atoms with van der Waals surface area (Å²) in [4.78, 5) is 0. The minimum Gasteiger partial charge on any atom is -0.379 e. The molecule has 0 saturated heterocycles. The van der Waals surface area contributed by atoms with Gasteiger partial charge in [-0.25, -0.2) is 0 Å². The van der Waals surface area contributed by atoms with Gasteiger partial charge in [0.25, 0.3) is 0 Å². The molecule has 0 atom stereocenters. The number of hydrogen-bond acceptors (Lipinski definition) is 4. The third-order valence-corrected chi connectivity index (χ3v) is 1.99. The Morgan fingerprint density at radius 1 is 1.00 bits per heavy atom.